The number of amides is 1. The summed E-state index contributed by atoms with van der Waals surface area (Å²) < 4.78 is 27.3. The van der Waals surface area contributed by atoms with Crippen LogP contribution in [0.4, 0.5) is 0 Å². The molecular formula is C19H19ClN2O3S. The maximum Gasteiger partial charge on any atom is 0.268 e. The van der Waals surface area contributed by atoms with E-state index in [0.717, 1.165) is 9.54 Å². The first-order valence-corrected chi connectivity index (χ1v) is 9.80. The first-order chi connectivity index (χ1) is 12.0. The highest BCUT2D eigenvalue weighted by Crippen LogP contribution is 2.29. The number of aromatic nitrogens is 1. The second-order valence-corrected chi connectivity index (χ2v) is 9.40. The Morgan fingerprint density at radius 1 is 1.08 bits per heavy atom. The molecule has 0 spiro atoms. The van der Waals surface area contributed by atoms with Crippen molar-refractivity contribution in [1.29, 1.82) is 0 Å². The minimum Gasteiger partial charge on any atom is -0.366 e. The van der Waals surface area contributed by atoms with E-state index < -0.39 is 15.9 Å². The van der Waals surface area contributed by atoms with Crippen molar-refractivity contribution >= 4 is 38.4 Å². The summed E-state index contributed by atoms with van der Waals surface area (Å²) in [5.74, 6) is -0.714. The number of hydrogen-bond donors (Lipinski definition) is 1. The molecule has 0 radical (unpaired) electrons. The molecule has 0 bridgehead atoms. The predicted molar refractivity (Wildman–Crippen MR) is 103 cm³/mol. The highest BCUT2D eigenvalue weighted by atomic mass is 35.5. The van der Waals surface area contributed by atoms with Gasteiger partial charge in [-0.1, -0.05) is 44.5 Å². The molecule has 0 aliphatic carbocycles. The van der Waals surface area contributed by atoms with Crippen LogP contribution in [0, 0.1) is 0 Å². The van der Waals surface area contributed by atoms with E-state index in [1.807, 2.05) is 0 Å². The molecule has 136 valence electrons. The van der Waals surface area contributed by atoms with Crippen LogP contribution in [-0.2, 0) is 15.4 Å². The van der Waals surface area contributed by atoms with Crippen molar-refractivity contribution in [2.24, 2.45) is 5.73 Å². The second-order valence-electron chi connectivity index (χ2n) is 7.14. The highest BCUT2D eigenvalue weighted by Gasteiger charge is 2.24. The summed E-state index contributed by atoms with van der Waals surface area (Å²) >= 11 is 5.99. The average molecular weight is 391 g/mol. The van der Waals surface area contributed by atoms with Crippen molar-refractivity contribution in [3.63, 3.8) is 0 Å². The summed E-state index contributed by atoms with van der Waals surface area (Å²) in [7, 11) is -3.89. The summed E-state index contributed by atoms with van der Waals surface area (Å²) in [5.41, 5.74) is 6.80. The largest absolute Gasteiger partial charge is 0.366 e. The van der Waals surface area contributed by atoms with Crippen LogP contribution in [0.5, 0.6) is 0 Å². The molecule has 1 amide bonds. The normalized spacial score (nSPS) is 12.5. The summed E-state index contributed by atoms with van der Waals surface area (Å²) in [4.78, 5) is 11.9. The molecule has 0 saturated heterocycles. The molecule has 2 N–H and O–H groups in total. The van der Waals surface area contributed by atoms with E-state index in [1.54, 1.807) is 36.4 Å². The molecular weight excluding hydrogens is 372 g/mol. The lowest BCUT2D eigenvalue weighted by Crippen LogP contribution is -2.15. The standard InChI is InChI=1S/C19H19ClN2O3S/c1-19(2,3)12-4-7-14(8-5-12)26(24,25)22-11-16(18(21)23)15-10-13(20)6-9-17(15)22/h4-11H,1-3H3,(H2,21,23). The molecule has 0 aliphatic rings. The number of primary amides is 1. The van der Waals surface area contributed by atoms with Crippen LogP contribution in [0.15, 0.2) is 53.6 Å². The van der Waals surface area contributed by atoms with E-state index >= 15 is 0 Å². The van der Waals surface area contributed by atoms with E-state index in [9.17, 15) is 13.2 Å². The minimum atomic E-state index is -3.89. The zero-order valence-electron chi connectivity index (χ0n) is 14.7. The quantitative estimate of drug-likeness (QED) is 0.735. The van der Waals surface area contributed by atoms with Crippen LogP contribution < -0.4 is 5.73 Å². The van der Waals surface area contributed by atoms with Crippen LogP contribution in [-0.4, -0.2) is 18.3 Å². The lowest BCUT2D eigenvalue weighted by molar-refractivity contribution is 0.100. The third kappa shape index (κ3) is 3.10. The number of carbonyl (C=O) groups excluding carboxylic acids is 1. The van der Waals surface area contributed by atoms with Gasteiger partial charge in [-0.05, 0) is 41.3 Å². The third-order valence-corrected chi connectivity index (χ3v) is 6.20. The van der Waals surface area contributed by atoms with Crippen molar-refractivity contribution in [1.82, 2.24) is 3.97 Å². The Morgan fingerprint density at radius 3 is 2.23 bits per heavy atom. The molecule has 0 saturated carbocycles. The van der Waals surface area contributed by atoms with Crippen molar-refractivity contribution in [3.8, 4) is 0 Å². The predicted octanol–water partition coefficient (Wildman–Crippen LogP) is 3.93. The molecule has 0 unspecified atom stereocenters. The van der Waals surface area contributed by atoms with E-state index in [2.05, 4.69) is 20.8 Å². The number of hydrogen-bond acceptors (Lipinski definition) is 3. The number of fused-ring (bicyclic) bond motifs is 1. The number of nitrogens with zero attached hydrogens (tertiary/aromatic N) is 1. The van der Waals surface area contributed by atoms with Gasteiger partial charge in [0.25, 0.3) is 15.9 Å². The Morgan fingerprint density at radius 2 is 1.69 bits per heavy atom. The fourth-order valence-electron chi connectivity index (χ4n) is 2.81. The van der Waals surface area contributed by atoms with Gasteiger partial charge in [0.05, 0.1) is 16.0 Å². The SMILES string of the molecule is CC(C)(C)c1ccc(S(=O)(=O)n2cc(C(N)=O)c3cc(Cl)ccc32)cc1. The first kappa shape index (κ1) is 18.5. The van der Waals surface area contributed by atoms with Gasteiger partial charge in [-0.25, -0.2) is 12.4 Å². The molecule has 3 rings (SSSR count). The van der Waals surface area contributed by atoms with Crippen LogP contribution in [0.3, 0.4) is 0 Å². The van der Waals surface area contributed by atoms with Gasteiger partial charge in [-0.15, -0.1) is 0 Å². The molecule has 1 aromatic heterocycles. The summed E-state index contributed by atoms with van der Waals surface area (Å²) in [5, 5.41) is 0.796. The van der Waals surface area contributed by atoms with Gasteiger partial charge >= 0.3 is 0 Å². The molecule has 26 heavy (non-hydrogen) atoms. The van der Waals surface area contributed by atoms with Crippen molar-refractivity contribution in [2.45, 2.75) is 31.1 Å². The maximum atomic E-state index is 13.1. The molecule has 0 fully saturated rings. The number of halogens is 1. The number of rotatable bonds is 3. The zero-order valence-corrected chi connectivity index (χ0v) is 16.2. The monoisotopic (exact) mass is 390 g/mol. The Bertz CT molecular complexity index is 1110. The molecule has 5 nitrogen and oxygen atoms in total. The zero-order chi connectivity index (χ0) is 19.3. The Balaban J connectivity index is 2.20. The van der Waals surface area contributed by atoms with Crippen LogP contribution >= 0.6 is 11.6 Å². The summed E-state index contributed by atoms with van der Waals surface area (Å²) in [6.07, 6.45) is 1.25. The first-order valence-electron chi connectivity index (χ1n) is 7.98. The van der Waals surface area contributed by atoms with Crippen molar-refractivity contribution in [2.75, 3.05) is 0 Å². The topological polar surface area (TPSA) is 82.2 Å². The number of benzene rings is 2. The smallest absolute Gasteiger partial charge is 0.268 e. The average Bonchev–Trinajstić information content (AvgIpc) is 2.93. The third-order valence-electron chi connectivity index (χ3n) is 4.28. The van der Waals surface area contributed by atoms with E-state index in [1.165, 1.54) is 12.3 Å². The Kier molecular flexibility index (Phi) is 4.37. The number of carbonyl (C=O) groups is 1. The fraction of sp³-hybridized carbons (Fsp3) is 0.211. The lowest BCUT2D eigenvalue weighted by Gasteiger charge is -2.19. The van der Waals surface area contributed by atoms with Gasteiger partial charge in [0, 0.05) is 16.6 Å². The molecule has 2 aromatic carbocycles. The van der Waals surface area contributed by atoms with Gasteiger partial charge in [0.1, 0.15) is 0 Å². The van der Waals surface area contributed by atoms with E-state index in [-0.39, 0.29) is 15.9 Å². The van der Waals surface area contributed by atoms with Gasteiger partial charge < -0.3 is 5.73 Å². The van der Waals surface area contributed by atoms with E-state index in [4.69, 9.17) is 17.3 Å². The van der Waals surface area contributed by atoms with Crippen LogP contribution in [0.1, 0.15) is 36.7 Å². The van der Waals surface area contributed by atoms with Crippen molar-refractivity contribution in [3.05, 3.63) is 64.8 Å². The number of nitrogens with two attached hydrogens (primary N) is 1. The Hall–Kier alpha value is -2.31. The van der Waals surface area contributed by atoms with Crippen LogP contribution in [0.2, 0.25) is 5.02 Å². The van der Waals surface area contributed by atoms with Gasteiger partial charge in [0.2, 0.25) is 0 Å². The van der Waals surface area contributed by atoms with Gasteiger partial charge in [-0.2, -0.15) is 0 Å². The second kappa shape index (κ2) is 6.14. The molecule has 7 heteroatoms. The fourth-order valence-corrected chi connectivity index (χ4v) is 4.35. The van der Waals surface area contributed by atoms with Crippen molar-refractivity contribution < 1.29 is 13.2 Å². The van der Waals surface area contributed by atoms with Gasteiger partial charge in [-0.3, -0.25) is 4.79 Å². The Labute approximate surface area is 157 Å². The molecule has 0 aliphatic heterocycles. The minimum absolute atomic E-state index is 0.0850. The maximum absolute atomic E-state index is 13.1. The summed E-state index contributed by atoms with van der Waals surface area (Å²) in [6.45, 7) is 6.16. The highest BCUT2D eigenvalue weighted by molar-refractivity contribution is 7.90. The van der Waals surface area contributed by atoms with Crippen LogP contribution in [0.25, 0.3) is 10.9 Å². The molecule has 0 atom stereocenters. The summed E-state index contributed by atoms with van der Waals surface area (Å²) in [6, 6.07) is 11.4. The lowest BCUT2D eigenvalue weighted by atomic mass is 9.87. The van der Waals surface area contributed by atoms with E-state index in [0.29, 0.717) is 15.9 Å². The molecule has 1 heterocycles. The van der Waals surface area contributed by atoms with Gasteiger partial charge in [0.15, 0.2) is 0 Å². The molecule has 3 aromatic rings.